The molecule has 0 aliphatic heterocycles. The van der Waals surface area contributed by atoms with Crippen LogP contribution >= 0.6 is 0 Å². The average molecular weight is 248 g/mol. The van der Waals surface area contributed by atoms with E-state index in [1.165, 1.54) is 36.8 Å². The van der Waals surface area contributed by atoms with Crippen molar-refractivity contribution in [1.82, 2.24) is 0 Å². The van der Waals surface area contributed by atoms with Crippen LogP contribution in [0.25, 0.3) is 0 Å². The second-order valence-corrected chi connectivity index (χ2v) is 7.68. The third-order valence-electron chi connectivity index (χ3n) is 1.46. The summed E-state index contributed by atoms with van der Waals surface area (Å²) in [4.78, 5) is -0.00637. The van der Waals surface area contributed by atoms with Gasteiger partial charge in [0.05, 0.1) is 14.6 Å². The van der Waals surface area contributed by atoms with Crippen molar-refractivity contribution in [3.63, 3.8) is 0 Å². The van der Waals surface area contributed by atoms with E-state index in [2.05, 4.69) is 3.77 Å². The number of hydrogen-bond donors (Lipinski definition) is 1. The molecule has 2 N–H and O–H groups in total. The Morgan fingerprint density at radius 3 is 1.93 bits per heavy atom. The maximum Gasteiger partial charge on any atom is 0.290 e. The number of anilines is 1. The zero-order chi connectivity index (χ0) is 11.7. The Kier molecular flexibility index (Phi) is 3.05. The minimum atomic E-state index is -3.84. The Balaban J connectivity index is 3.31. The number of sulfonamides is 1. The summed E-state index contributed by atoms with van der Waals surface area (Å²) in [5.41, 5.74) is 5.88. The first-order valence-corrected chi connectivity index (χ1v) is 7.77. The van der Waals surface area contributed by atoms with E-state index in [1.54, 1.807) is 0 Å². The smallest absolute Gasteiger partial charge is 0.290 e. The number of rotatable bonds is 2. The highest BCUT2D eigenvalue weighted by molar-refractivity contribution is 8.02. The number of nitrogens with zero attached hydrogens (tertiary/aromatic N) is 1. The van der Waals surface area contributed by atoms with Crippen molar-refractivity contribution >= 4 is 25.4 Å². The lowest BCUT2D eigenvalue weighted by molar-refractivity contribution is 0.598. The molecule has 0 saturated carbocycles. The molecule has 0 bridgehead atoms. The summed E-state index contributed by atoms with van der Waals surface area (Å²) >= 11 is 0. The normalized spacial score (nSPS) is 12.4. The third-order valence-corrected chi connectivity index (χ3v) is 4.54. The van der Waals surface area contributed by atoms with Gasteiger partial charge >= 0.3 is 0 Å². The molecule has 0 fully saturated rings. The van der Waals surface area contributed by atoms with Gasteiger partial charge in [-0.15, -0.1) is 3.77 Å². The lowest BCUT2D eigenvalue weighted by Gasteiger charge is -2.00. The molecule has 15 heavy (non-hydrogen) atoms. The zero-order valence-corrected chi connectivity index (χ0v) is 10.0. The second kappa shape index (κ2) is 3.82. The minimum Gasteiger partial charge on any atom is -0.399 e. The predicted octanol–water partition coefficient (Wildman–Crippen LogP) is 0.685. The summed E-state index contributed by atoms with van der Waals surface area (Å²) in [6.45, 7) is 0. The first-order chi connectivity index (χ1) is 6.71. The Labute approximate surface area is 89.5 Å². The monoisotopic (exact) mass is 248 g/mol. The molecule has 7 heteroatoms. The third kappa shape index (κ3) is 3.52. The molecule has 0 aliphatic carbocycles. The molecule has 0 saturated heterocycles. The van der Waals surface area contributed by atoms with Crippen LogP contribution in [0.15, 0.2) is 32.9 Å². The summed E-state index contributed by atoms with van der Waals surface area (Å²) in [5, 5.41) is 0. The number of hydrogen-bond acceptors (Lipinski definition) is 4. The van der Waals surface area contributed by atoms with Crippen molar-refractivity contribution in [2.75, 3.05) is 18.2 Å². The van der Waals surface area contributed by atoms with Gasteiger partial charge in [0.1, 0.15) is 0 Å². The van der Waals surface area contributed by atoms with Gasteiger partial charge in [-0.25, -0.2) is 4.21 Å². The van der Waals surface area contributed by atoms with Gasteiger partial charge in [-0.3, -0.25) is 0 Å². The molecule has 5 nitrogen and oxygen atoms in total. The van der Waals surface area contributed by atoms with E-state index in [0.29, 0.717) is 5.69 Å². The van der Waals surface area contributed by atoms with Gasteiger partial charge in [-0.05, 0) is 24.3 Å². The summed E-state index contributed by atoms with van der Waals surface area (Å²) in [5.74, 6) is 0. The van der Waals surface area contributed by atoms with Crippen molar-refractivity contribution in [2.24, 2.45) is 3.77 Å². The molecule has 0 aliphatic rings. The Hall–Kier alpha value is -1.08. The number of nitrogens with two attached hydrogens (primary N) is 1. The standard InChI is InChI=1S/C8H12N2O3S2/c1-14(2,11)10-15(12,13)8-5-3-7(9)4-6-8/h3-6H,9H2,1-2H3. The van der Waals surface area contributed by atoms with Crippen LogP contribution in [0.2, 0.25) is 0 Å². The minimum absolute atomic E-state index is 0.00637. The molecule has 0 heterocycles. The van der Waals surface area contributed by atoms with Crippen LogP contribution in [0.5, 0.6) is 0 Å². The largest absolute Gasteiger partial charge is 0.399 e. The van der Waals surface area contributed by atoms with Crippen molar-refractivity contribution in [1.29, 1.82) is 0 Å². The fourth-order valence-corrected chi connectivity index (χ4v) is 3.63. The maximum absolute atomic E-state index is 11.6. The molecular formula is C8H12N2O3S2. The molecule has 1 aromatic rings. The van der Waals surface area contributed by atoms with E-state index < -0.39 is 19.8 Å². The van der Waals surface area contributed by atoms with Gasteiger partial charge in [0, 0.05) is 18.2 Å². The Morgan fingerprint density at radius 1 is 1.07 bits per heavy atom. The molecule has 0 atom stereocenters. The van der Waals surface area contributed by atoms with Gasteiger partial charge in [0.15, 0.2) is 0 Å². The zero-order valence-electron chi connectivity index (χ0n) is 8.38. The van der Waals surface area contributed by atoms with E-state index >= 15 is 0 Å². The van der Waals surface area contributed by atoms with Crippen LogP contribution < -0.4 is 5.73 Å². The molecule has 0 radical (unpaired) electrons. The van der Waals surface area contributed by atoms with Gasteiger partial charge in [-0.2, -0.15) is 8.42 Å². The van der Waals surface area contributed by atoms with Crippen molar-refractivity contribution in [2.45, 2.75) is 4.90 Å². The van der Waals surface area contributed by atoms with E-state index in [1.807, 2.05) is 0 Å². The Morgan fingerprint density at radius 2 is 1.53 bits per heavy atom. The highest BCUT2D eigenvalue weighted by Crippen LogP contribution is 2.15. The van der Waals surface area contributed by atoms with Gasteiger partial charge < -0.3 is 5.73 Å². The first-order valence-electron chi connectivity index (χ1n) is 4.00. The van der Waals surface area contributed by atoms with E-state index in [4.69, 9.17) is 5.73 Å². The fourth-order valence-electron chi connectivity index (χ4n) is 0.919. The quantitative estimate of drug-likeness (QED) is 0.779. The predicted molar refractivity (Wildman–Crippen MR) is 60.5 cm³/mol. The first kappa shape index (κ1) is 12.0. The van der Waals surface area contributed by atoms with Crippen molar-refractivity contribution < 1.29 is 12.6 Å². The molecule has 0 amide bonds. The van der Waals surface area contributed by atoms with Crippen molar-refractivity contribution in [3.8, 4) is 0 Å². The van der Waals surface area contributed by atoms with E-state index in [9.17, 15) is 12.6 Å². The molecule has 84 valence electrons. The Bertz CT molecular complexity index is 558. The molecular weight excluding hydrogens is 236 g/mol. The van der Waals surface area contributed by atoms with Gasteiger partial charge in [-0.1, -0.05) is 0 Å². The SMILES string of the molecule is CS(C)(=O)=NS(=O)(=O)c1ccc(N)cc1. The van der Waals surface area contributed by atoms with E-state index in [0.717, 1.165) is 0 Å². The highest BCUT2D eigenvalue weighted by atomic mass is 32.3. The van der Waals surface area contributed by atoms with Crippen LogP contribution in [-0.4, -0.2) is 25.1 Å². The van der Waals surface area contributed by atoms with Crippen LogP contribution in [0.4, 0.5) is 5.69 Å². The summed E-state index contributed by atoms with van der Waals surface area (Å²) in [6.07, 6.45) is 2.53. The van der Waals surface area contributed by atoms with Crippen LogP contribution in [0.1, 0.15) is 0 Å². The topological polar surface area (TPSA) is 89.6 Å². The van der Waals surface area contributed by atoms with Gasteiger partial charge in [0.2, 0.25) is 0 Å². The number of benzene rings is 1. The molecule has 0 aromatic heterocycles. The van der Waals surface area contributed by atoms with Crippen LogP contribution in [-0.2, 0) is 19.8 Å². The second-order valence-electron chi connectivity index (χ2n) is 3.30. The highest BCUT2D eigenvalue weighted by Gasteiger charge is 2.13. The summed E-state index contributed by atoms with van der Waals surface area (Å²) in [7, 11) is -6.53. The lowest BCUT2D eigenvalue weighted by Crippen LogP contribution is -2.02. The average Bonchev–Trinajstić information content (AvgIpc) is 2.00. The molecule has 0 unspecified atom stereocenters. The van der Waals surface area contributed by atoms with Gasteiger partial charge in [0.25, 0.3) is 10.0 Å². The fraction of sp³-hybridized carbons (Fsp3) is 0.250. The maximum atomic E-state index is 11.6. The molecule has 0 spiro atoms. The number of nitrogen functional groups attached to an aromatic ring is 1. The molecule has 1 rings (SSSR count). The molecule has 1 aromatic carbocycles. The van der Waals surface area contributed by atoms with Crippen LogP contribution in [0.3, 0.4) is 0 Å². The van der Waals surface area contributed by atoms with Crippen LogP contribution in [0, 0.1) is 0 Å². The van der Waals surface area contributed by atoms with Crippen molar-refractivity contribution in [3.05, 3.63) is 24.3 Å². The lowest BCUT2D eigenvalue weighted by atomic mass is 10.3. The summed E-state index contributed by atoms with van der Waals surface area (Å²) in [6, 6.07) is 5.57. The summed E-state index contributed by atoms with van der Waals surface area (Å²) < 4.78 is 37.7. The van der Waals surface area contributed by atoms with E-state index in [-0.39, 0.29) is 4.90 Å².